The van der Waals surface area contributed by atoms with E-state index in [-0.39, 0.29) is 11.4 Å². The van der Waals surface area contributed by atoms with Crippen LogP contribution in [0.2, 0.25) is 0 Å². The number of primary amides is 1. The maximum atomic E-state index is 12.5. The summed E-state index contributed by atoms with van der Waals surface area (Å²) in [6.45, 7) is -0.235. The van der Waals surface area contributed by atoms with E-state index in [1.54, 1.807) is 12.1 Å². The Bertz CT molecular complexity index is 956. The number of sulfonamides is 1. The molecule has 0 spiro atoms. The van der Waals surface area contributed by atoms with Crippen LogP contribution in [0.3, 0.4) is 0 Å². The standard InChI is InChI=1S/C17H13F3N2O3S/c18-17(19,20)14-7-9-15(10-8-14)26(24,25)22-11-1-2-12-3-5-13(6-4-12)16(21)23/h3-10,22H,11H2,(H2,21,23). The molecule has 0 aliphatic carbocycles. The second kappa shape index (κ2) is 7.59. The van der Waals surface area contributed by atoms with Crippen LogP contribution in [0, 0.1) is 11.8 Å². The van der Waals surface area contributed by atoms with Crippen molar-refractivity contribution in [1.29, 1.82) is 0 Å². The quantitative estimate of drug-likeness (QED) is 0.794. The third kappa shape index (κ3) is 5.08. The fraction of sp³-hybridized carbons (Fsp3) is 0.118. The Labute approximate surface area is 148 Å². The van der Waals surface area contributed by atoms with E-state index in [1.807, 2.05) is 0 Å². The number of rotatable bonds is 4. The number of hydrogen-bond acceptors (Lipinski definition) is 3. The summed E-state index contributed by atoms with van der Waals surface area (Å²) in [4.78, 5) is 10.6. The minimum absolute atomic E-state index is 0.235. The molecule has 2 aromatic carbocycles. The predicted molar refractivity (Wildman–Crippen MR) is 88.5 cm³/mol. The molecule has 0 unspecified atom stereocenters. The van der Waals surface area contributed by atoms with E-state index in [1.165, 1.54) is 12.1 Å². The molecule has 2 aromatic rings. The molecule has 3 N–H and O–H groups in total. The largest absolute Gasteiger partial charge is 0.416 e. The van der Waals surface area contributed by atoms with E-state index < -0.39 is 27.7 Å². The molecule has 136 valence electrons. The number of amides is 1. The van der Waals surface area contributed by atoms with Gasteiger partial charge in [-0.25, -0.2) is 8.42 Å². The molecular weight excluding hydrogens is 369 g/mol. The molecule has 0 saturated carbocycles. The van der Waals surface area contributed by atoms with Crippen molar-refractivity contribution in [3.63, 3.8) is 0 Å². The number of alkyl halides is 3. The van der Waals surface area contributed by atoms with Crippen molar-refractivity contribution in [1.82, 2.24) is 4.72 Å². The van der Waals surface area contributed by atoms with Gasteiger partial charge in [0.25, 0.3) is 0 Å². The Hall–Kier alpha value is -2.83. The summed E-state index contributed by atoms with van der Waals surface area (Å²) < 4.78 is 63.7. The lowest BCUT2D eigenvalue weighted by Crippen LogP contribution is -2.24. The van der Waals surface area contributed by atoms with Crippen LogP contribution in [0.15, 0.2) is 53.4 Å². The van der Waals surface area contributed by atoms with Gasteiger partial charge >= 0.3 is 6.18 Å². The molecule has 0 aromatic heterocycles. The zero-order valence-corrected chi connectivity index (χ0v) is 14.0. The average Bonchev–Trinajstić information content (AvgIpc) is 2.58. The van der Waals surface area contributed by atoms with Crippen molar-refractivity contribution in [2.45, 2.75) is 11.1 Å². The number of nitrogens with one attached hydrogen (secondary N) is 1. The molecule has 0 aliphatic rings. The normalized spacial score (nSPS) is 11.5. The first kappa shape index (κ1) is 19.5. The van der Waals surface area contributed by atoms with Gasteiger partial charge in [-0.2, -0.15) is 17.9 Å². The Kier molecular flexibility index (Phi) is 5.69. The molecule has 9 heteroatoms. The summed E-state index contributed by atoms with van der Waals surface area (Å²) in [6.07, 6.45) is -4.54. The van der Waals surface area contributed by atoms with Gasteiger partial charge < -0.3 is 5.73 Å². The Balaban J connectivity index is 2.01. The summed E-state index contributed by atoms with van der Waals surface area (Å²) in [5, 5.41) is 0. The summed E-state index contributed by atoms with van der Waals surface area (Å²) >= 11 is 0. The third-order valence-corrected chi connectivity index (χ3v) is 4.66. The minimum Gasteiger partial charge on any atom is -0.366 e. The van der Waals surface area contributed by atoms with Crippen molar-refractivity contribution < 1.29 is 26.4 Å². The van der Waals surface area contributed by atoms with E-state index in [4.69, 9.17) is 5.73 Å². The van der Waals surface area contributed by atoms with Crippen LogP contribution < -0.4 is 10.5 Å². The second-order valence-corrected chi connectivity index (χ2v) is 6.86. The highest BCUT2D eigenvalue weighted by molar-refractivity contribution is 7.89. The molecule has 0 radical (unpaired) electrons. The van der Waals surface area contributed by atoms with E-state index in [0.717, 1.165) is 12.1 Å². The van der Waals surface area contributed by atoms with Crippen molar-refractivity contribution in [2.75, 3.05) is 6.54 Å². The highest BCUT2D eigenvalue weighted by Gasteiger charge is 2.30. The molecule has 0 atom stereocenters. The van der Waals surface area contributed by atoms with E-state index >= 15 is 0 Å². The highest BCUT2D eigenvalue weighted by atomic mass is 32.2. The monoisotopic (exact) mass is 382 g/mol. The molecule has 0 heterocycles. The van der Waals surface area contributed by atoms with Crippen LogP contribution in [0.1, 0.15) is 21.5 Å². The lowest BCUT2D eigenvalue weighted by molar-refractivity contribution is -0.137. The van der Waals surface area contributed by atoms with Crippen LogP contribution >= 0.6 is 0 Å². The molecule has 0 bridgehead atoms. The summed E-state index contributed by atoms with van der Waals surface area (Å²) in [5.41, 5.74) is 5.04. The number of carbonyl (C=O) groups is 1. The van der Waals surface area contributed by atoms with Gasteiger partial charge in [0.2, 0.25) is 15.9 Å². The van der Waals surface area contributed by atoms with Gasteiger partial charge in [-0.1, -0.05) is 11.8 Å². The topological polar surface area (TPSA) is 89.3 Å². The van der Waals surface area contributed by atoms with Gasteiger partial charge in [0, 0.05) is 11.1 Å². The number of nitrogens with two attached hydrogens (primary N) is 1. The Morgan fingerprint density at radius 2 is 1.62 bits per heavy atom. The van der Waals surface area contributed by atoms with Crippen LogP contribution in [-0.2, 0) is 16.2 Å². The zero-order valence-electron chi connectivity index (χ0n) is 13.2. The Morgan fingerprint density at radius 3 is 2.12 bits per heavy atom. The lowest BCUT2D eigenvalue weighted by atomic mass is 10.1. The van der Waals surface area contributed by atoms with Crippen molar-refractivity contribution in [3.8, 4) is 11.8 Å². The smallest absolute Gasteiger partial charge is 0.366 e. The first-order valence-corrected chi connectivity index (χ1v) is 8.63. The van der Waals surface area contributed by atoms with Gasteiger partial charge in [0.15, 0.2) is 0 Å². The molecule has 26 heavy (non-hydrogen) atoms. The zero-order chi connectivity index (χ0) is 19.4. The predicted octanol–water partition coefficient (Wildman–Crippen LogP) is 2.13. The van der Waals surface area contributed by atoms with E-state index in [9.17, 15) is 26.4 Å². The van der Waals surface area contributed by atoms with Crippen molar-refractivity contribution in [2.24, 2.45) is 5.73 Å². The van der Waals surface area contributed by atoms with Crippen LogP contribution in [0.25, 0.3) is 0 Å². The average molecular weight is 382 g/mol. The summed E-state index contributed by atoms with van der Waals surface area (Å²) in [6, 6.07) is 9.22. The third-order valence-electron chi connectivity index (χ3n) is 3.24. The first-order valence-electron chi connectivity index (χ1n) is 7.15. The minimum atomic E-state index is -4.54. The highest BCUT2D eigenvalue weighted by Crippen LogP contribution is 2.29. The number of halogens is 3. The molecule has 5 nitrogen and oxygen atoms in total. The molecule has 0 fully saturated rings. The Morgan fingerprint density at radius 1 is 1.04 bits per heavy atom. The molecule has 1 amide bonds. The number of benzene rings is 2. The molecule has 2 rings (SSSR count). The fourth-order valence-electron chi connectivity index (χ4n) is 1.90. The van der Waals surface area contributed by atoms with Gasteiger partial charge in [0.05, 0.1) is 17.0 Å². The van der Waals surface area contributed by atoms with Crippen molar-refractivity contribution in [3.05, 3.63) is 65.2 Å². The molecular formula is C17H13F3N2O3S. The summed E-state index contributed by atoms with van der Waals surface area (Å²) in [5.74, 6) is 4.69. The van der Waals surface area contributed by atoms with Crippen LogP contribution in [-0.4, -0.2) is 20.9 Å². The van der Waals surface area contributed by atoms with Crippen molar-refractivity contribution >= 4 is 15.9 Å². The summed E-state index contributed by atoms with van der Waals surface area (Å²) in [7, 11) is -3.98. The lowest BCUT2D eigenvalue weighted by Gasteiger charge is -2.08. The molecule has 0 aliphatic heterocycles. The maximum absolute atomic E-state index is 12.5. The van der Waals surface area contributed by atoms with Gasteiger partial charge in [-0.15, -0.1) is 0 Å². The van der Waals surface area contributed by atoms with Gasteiger partial charge in [0.1, 0.15) is 0 Å². The fourth-order valence-corrected chi connectivity index (χ4v) is 2.82. The van der Waals surface area contributed by atoms with Crippen LogP contribution in [0.5, 0.6) is 0 Å². The van der Waals surface area contributed by atoms with E-state index in [2.05, 4.69) is 16.6 Å². The molecule has 0 saturated heterocycles. The first-order chi connectivity index (χ1) is 12.1. The van der Waals surface area contributed by atoms with E-state index in [0.29, 0.717) is 23.3 Å². The van der Waals surface area contributed by atoms with Gasteiger partial charge in [-0.3, -0.25) is 4.79 Å². The maximum Gasteiger partial charge on any atom is 0.416 e. The second-order valence-electron chi connectivity index (χ2n) is 5.09. The van der Waals surface area contributed by atoms with Crippen LogP contribution in [0.4, 0.5) is 13.2 Å². The number of hydrogen-bond donors (Lipinski definition) is 2. The van der Waals surface area contributed by atoms with Gasteiger partial charge in [-0.05, 0) is 48.5 Å². The number of carbonyl (C=O) groups excluding carboxylic acids is 1. The SMILES string of the molecule is NC(=O)c1ccc(C#CCNS(=O)(=O)c2ccc(C(F)(F)F)cc2)cc1.